The van der Waals surface area contributed by atoms with Gasteiger partial charge in [-0.3, -0.25) is 4.79 Å². The Morgan fingerprint density at radius 3 is 2.80 bits per heavy atom. The minimum atomic E-state index is -3.65. The first-order chi connectivity index (χ1) is 14.3. The van der Waals surface area contributed by atoms with Gasteiger partial charge in [0.05, 0.1) is 20.5 Å². The van der Waals surface area contributed by atoms with Gasteiger partial charge in [-0.2, -0.15) is 9.30 Å². The Bertz CT molecular complexity index is 1280. The van der Waals surface area contributed by atoms with E-state index in [2.05, 4.69) is 20.9 Å². The molecule has 1 saturated heterocycles. The second kappa shape index (κ2) is 8.84. The second-order valence-corrected chi connectivity index (χ2v) is 12.8. The van der Waals surface area contributed by atoms with Crippen molar-refractivity contribution in [2.75, 3.05) is 13.1 Å². The van der Waals surface area contributed by atoms with E-state index in [4.69, 9.17) is 11.6 Å². The minimum Gasteiger partial charge on any atom is -0.317 e. The number of hydrogen-bond acceptors (Lipinski definition) is 5. The van der Waals surface area contributed by atoms with E-state index in [-0.39, 0.29) is 16.7 Å². The van der Waals surface area contributed by atoms with Gasteiger partial charge in [0.2, 0.25) is 0 Å². The highest BCUT2D eigenvalue weighted by Gasteiger charge is 2.34. The zero-order valence-electron chi connectivity index (χ0n) is 16.0. The fourth-order valence-electron chi connectivity index (χ4n) is 3.55. The molecule has 3 heterocycles. The summed E-state index contributed by atoms with van der Waals surface area (Å²) in [6.45, 7) is 3.24. The van der Waals surface area contributed by atoms with Crippen LogP contribution in [0.4, 0.5) is 0 Å². The topological polar surface area (TPSA) is 71.7 Å². The summed E-state index contributed by atoms with van der Waals surface area (Å²) >= 11 is 11.9. The second-order valence-electron chi connectivity index (χ2n) is 6.95. The van der Waals surface area contributed by atoms with E-state index in [9.17, 15) is 13.2 Å². The zero-order chi connectivity index (χ0) is 21.5. The summed E-state index contributed by atoms with van der Waals surface area (Å²) in [7, 11) is -3.65. The number of aromatic nitrogens is 1. The number of hydrogen-bond donors (Lipinski definition) is 0. The van der Waals surface area contributed by atoms with Crippen molar-refractivity contribution in [1.82, 2.24) is 8.87 Å². The summed E-state index contributed by atoms with van der Waals surface area (Å²) in [5.41, 5.74) is 1.03. The standard InChI is InChI=1S/C19H19BrClN3O3S3/c1-2-24-14-6-5-13(20)10-15(14)28-19(24)22-18(25)12-4-3-9-23(11-12)30(26,27)17-8-7-16(21)29-17/h5-8,10,12H,2-4,9,11H2,1H3. The van der Waals surface area contributed by atoms with Crippen molar-refractivity contribution >= 4 is 76.4 Å². The van der Waals surface area contributed by atoms with Crippen LogP contribution in [-0.4, -0.2) is 36.3 Å². The maximum atomic E-state index is 13.0. The number of piperidine rings is 1. The number of carbonyl (C=O) groups is 1. The molecule has 0 radical (unpaired) electrons. The Balaban J connectivity index is 1.62. The van der Waals surface area contributed by atoms with Gasteiger partial charge in [-0.05, 0) is 50.1 Å². The number of fused-ring (bicyclic) bond motifs is 1. The highest BCUT2D eigenvalue weighted by molar-refractivity contribution is 9.10. The lowest BCUT2D eigenvalue weighted by Gasteiger charge is -2.29. The van der Waals surface area contributed by atoms with Crippen LogP contribution in [0.5, 0.6) is 0 Å². The normalized spacial score (nSPS) is 18.9. The maximum absolute atomic E-state index is 13.0. The van der Waals surface area contributed by atoms with Crippen LogP contribution in [0.15, 0.2) is 44.0 Å². The highest BCUT2D eigenvalue weighted by Crippen LogP contribution is 2.31. The molecule has 160 valence electrons. The summed E-state index contributed by atoms with van der Waals surface area (Å²) in [5, 5.41) is 0. The van der Waals surface area contributed by atoms with Crippen molar-refractivity contribution in [3.05, 3.63) is 43.9 Å². The minimum absolute atomic E-state index is 0.142. The summed E-state index contributed by atoms with van der Waals surface area (Å²) in [6.07, 6.45) is 1.25. The third-order valence-electron chi connectivity index (χ3n) is 5.04. The first-order valence-electron chi connectivity index (χ1n) is 9.42. The van der Waals surface area contributed by atoms with Crippen LogP contribution in [-0.2, 0) is 21.4 Å². The largest absolute Gasteiger partial charge is 0.317 e. The molecule has 1 aliphatic heterocycles. The summed E-state index contributed by atoms with van der Waals surface area (Å²) in [5.74, 6) is -0.724. The van der Waals surface area contributed by atoms with E-state index in [0.29, 0.717) is 35.1 Å². The lowest BCUT2D eigenvalue weighted by molar-refractivity contribution is -0.122. The summed E-state index contributed by atoms with van der Waals surface area (Å²) in [6, 6.07) is 9.07. The molecule has 1 fully saturated rings. The van der Waals surface area contributed by atoms with Gasteiger partial charge in [0.1, 0.15) is 4.21 Å². The molecule has 11 heteroatoms. The average Bonchev–Trinajstić information content (AvgIpc) is 3.31. The number of sulfonamides is 1. The Morgan fingerprint density at radius 1 is 1.30 bits per heavy atom. The van der Waals surface area contributed by atoms with Gasteiger partial charge in [0, 0.05) is 24.1 Å². The van der Waals surface area contributed by atoms with Crippen molar-refractivity contribution in [3.63, 3.8) is 0 Å². The number of halogens is 2. The van der Waals surface area contributed by atoms with Gasteiger partial charge in [-0.25, -0.2) is 8.42 Å². The summed E-state index contributed by atoms with van der Waals surface area (Å²) in [4.78, 5) is 18.0. The number of thiazole rings is 1. The predicted molar refractivity (Wildman–Crippen MR) is 125 cm³/mol. The Kier molecular flexibility index (Phi) is 6.53. The van der Waals surface area contributed by atoms with Gasteiger partial charge in [-0.15, -0.1) is 11.3 Å². The molecule has 0 N–H and O–H groups in total. The number of aryl methyl sites for hydroxylation is 1. The average molecular weight is 549 g/mol. The number of benzene rings is 1. The fraction of sp³-hybridized carbons (Fsp3) is 0.368. The molecule has 1 unspecified atom stereocenters. The van der Waals surface area contributed by atoms with Crippen molar-refractivity contribution in [1.29, 1.82) is 0 Å². The molecule has 0 bridgehead atoms. The molecule has 4 rings (SSSR count). The molecule has 1 atom stereocenters. The van der Waals surface area contributed by atoms with Crippen molar-refractivity contribution < 1.29 is 13.2 Å². The molecule has 0 saturated carbocycles. The molecule has 1 aliphatic rings. The van der Waals surface area contributed by atoms with E-state index in [1.807, 2.05) is 29.7 Å². The van der Waals surface area contributed by atoms with Crippen molar-refractivity contribution in [2.45, 2.75) is 30.5 Å². The lowest BCUT2D eigenvalue weighted by atomic mass is 9.99. The third-order valence-corrected chi connectivity index (χ3v) is 10.1. The number of nitrogens with zero attached hydrogens (tertiary/aromatic N) is 3. The van der Waals surface area contributed by atoms with Crippen LogP contribution in [0, 0.1) is 5.92 Å². The molecular weight excluding hydrogens is 530 g/mol. The quantitative estimate of drug-likeness (QED) is 0.473. The van der Waals surface area contributed by atoms with E-state index >= 15 is 0 Å². The number of rotatable bonds is 4. The monoisotopic (exact) mass is 547 g/mol. The lowest BCUT2D eigenvalue weighted by Crippen LogP contribution is -2.42. The maximum Gasteiger partial charge on any atom is 0.252 e. The zero-order valence-corrected chi connectivity index (χ0v) is 20.8. The molecule has 3 aromatic rings. The third kappa shape index (κ3) is 4.31. The van der Waals surface area contributed by atoms with E-state index < -0.39 is 15.9 Å². The van der Waals surface area contributed by atoms with Crippen LogP contribution < -0.4 is 4.80 Å². The predicted octanol–water partition coefficient (Wildman–Crippen LogP) is 4.73. The highest BCUT2D eigenvalue weighted by atomic mass is 79.9. The van der Waals surface area contributed by atoms with Crippen molar-refractivity contribution in [2.24, 2.45) is 10.9 Å². The number of carbonyl (C=O) groups excluding carboxylic acids is 1. The first-order valence-corrected chi connectivity index (χ1v) is 13.7. The number of amides is 1. The molecule has 0 spiro atoms. The first kappa shape index (κ1) is 22.2. The van der Waals surface area contributed by atoms with Gasteiger partial charge in [0.25, 0.3) is 15.9 Å². The number of thiophene rings is 1. The smallest absolute Gasteiger partial charge is 0.252 e. The molecule has 1 amide bonds. The molecule has 6 nitrogen and oxygen atoms in total. The molecule has 1 aromatic carbocycles. The van der Waals surface area contributed by atoms with Crippen LogP contribution in [0.3, 0.4) is 0 Å². The van der Waals surface area contributed by atoms with Crippen LogP contribution in [0.25, 0.3) is 10.2 Å². The van der Waals surface area contributed by atoms with Gasteiger partial charge in [-0.1, -0.05) is 38.9 Å². The molecular formula is C19H19BrClN3O3S3. The Labute approximate surface area is 196 Å². The van der Waals surface area contributed by atoms with Crippen molar-refractivity contribution in [3.8, 4) is 0 Å². The van der Waals surface area contributed by atoms with Gasteiger partial charge >= 0.3 is 0 Å². The molecule has 0 aliphatic carbocycles. The molecule has 30 heavy (non-hydrogen) atoms. The van der Waals surface area contributed by atoms with Crippen LogP contribution in [0.1, 0.15) is 19.8 Å². The summed E-state index contributed by atoms with van der Waals surface area (Å²) < 4.78 is 31.8. The Hall–Kier alpha value is -1.04. The van der Waals surface area contributed by atoms with Crippen LogP contribution in [0.2, 0.25) is 4.34 Å². The van der Waals surface area contributed by atoms with Crippen LogP contribution >= 0.6 is 50.2 Å². The van der Waals surface area contributed by atoms with E-state index in [0.717, 1.165) is 26.0 Å². The van der Waals surface area contributed by atoms with Gasteiger partial charge in [0.15, 0.2) is 4.80 Å². The fourth-order valence-corrected chi connectivity index (χ4v) is 8.36. The Morgan fingerprint density at radius 2 is 2.10 bits per heavy atom. The van der Waals surface area contributed by atoms with E-state index in [1.54, 1.807) is 6.07 Å². The SMILES string of the molecule is CCn1c(=NC(=O)C2CCCN(S(=O)(=O)c3ccc(Cl)s3)C2)sc2cc(Br)ccc21. The van der Waals surface area contributed by atoms with E-state index in [1.165, 1.54) is 21.7 Å². The molecule has 2 aromatic heterocycles. The van der Waals surface area contributed by atoms with Gasteiger partial charge < -0.3 is 4.57 Å².